The molecular weight excluding hydrogens is 184 g/mol. The fourth-order valence-electron chi connectivity index (χ4n) is 1.51. The highest BCUT2D eigenvalue weighted by Gasteiger charge is 2.11. The van der Waals surface area contributed by atoms with Crippen molar-refractivity contribution in [2.75, 3.05) is 0 Å². The van der Waals surface area contributed by atoms with Crippen LogP contribution >= 0.6 is 11.3 Å². The average Bonchev–Trinajstić information content (AvgIpc) is 2.62. The van der Waals surface area contributed by atoms with Crippen molar-refractivity contribution in [3.63, 3.8) is 0 Å². The molecule has 0 fully saturated rings. The summed E-state index contributed by atoms with van der Waals surface area (Å²) in [6.45, 7) is 4.11. The lowest BCUT2D eigenvalue weighted by Crippen LogP contribution is -1.96. The van der Waals surface area contributed by atoms with Gasteiger partial charge in [0.25, 0.3) is 0 Å². The zero-order valence-electron chi connectivity index (χ0n) is 7.74. The Morgan fingerprint density at radius 1 is 1.62 bits per heavy atom. The van der Waals surface area contributed by atoms with E-state index in [1.165, 1.54) is 5.69 Å². The Morgan fingerprint density at radius 2 is 2.38 bits per heavy atom. The van der Waals surface area contributed by atoms with Gasteiger partial charge < -0.3 is 5.11 Å². The first-order valence-electron chi connectivity index (χ1n) is 4.33. The Morgan fingerprint density at radius 3 is 3.00 bits per heavy atom. The number of aryl methyl sites for hydroxylation is 2. The molecule has 0 aliphatic carbocycles. The van der Waals surface area contributed by atoms with Crippen molar-refractivity contribution >= 4 is 16.3 Å². The Bertz CT molecular complexity index is 430. The van der Waals surface area contributed by atoms with Gasteiger partial charge in [-0.05, 0) is 13.3 Å². The van der Waals surface area contributed by atoms with E-state index < -0.39 is 0 Å². The predicted molar refractivity (Wildman–Crippen MR) is 53.1 cm³/mol. The van der Waals surface area contributed by atoms with Crippen molar-refractivity contribution < 1.29 is 5.11 Å². The van der Waals surface area contributed by atoms with Gasteiger partial charge in [-0.15, -0.1) is 11.3 Å². The van der Waals surface area contributed by atoms with E-state index in [-0.39, 0.29) is 6.61 Å². The lowest BCUT2D eigenvalue weighted by Gasteiger charge is -1.98. The molecule has 0 unspecified atom stereocenters. The van der Waals surface area contributed by atoms with Crippen LogP contribution in [0.15, 0.2) is 5.38 Å². The molecule has 70 valence electrons. The maximum atomic E-state index is 9.19. The van der Waals surface area contributed by atoms with Gasteiger partial charge in [0.2, 0.25) is 0 Å². The van der Waals surface area contributed by atoms with Crippen LogP contribution in [0.25, 0.3) is 4.96 Å². The molecule has 0 atom stereocenters. The molecule has 0 radical (unpaired) electrons. The zero-order chi connectivity index (χ0) is 9.42. The SMILES string of the molecule is CCc1csc2nc(C)c(CO)n12. The molecule has 2 heterocycles. The number of nitrogens with zero attached hydrogens (tertiary/aromatic N) is 2. The highest BCUT2D eigenvalue weighted by Crippen LogP contribution is 2.21. The highest BCUT2D eigenvalue weighted by molar-refractivity contribution is 7.15. The van der Waals surface area contributed by atoms with Gasteiger partial charge in [0.05, 0.1) is 18.0 Å². The standard InChI is InChI=1S/C9H12N2OS/c1-3-7-5-13-9-10-6(2)8(4-12)11(7)9/h5,12H,3-4H2,1-2H3. The molecule has 0 aromatic carbocycles. The second-order valence-corrected chi connectivity index (χ2v) is 3.84. The molecule has 0 aliphatic rings. The summed E-state index contributed by atoms with van der Waals surface area (Å²) in [5, 5.41) is 11.3. The average molecular weight is 196 g/mol. The lowest BCUT2D eigenvalue weighted by atomic mass is 10.3. The van der Waals surface area contributed by atoms with Crippen LogP contribution in [0, 0.1) is 6.92 Å². The summed E-state index contributed by atoms with van der Waals surface area (Å²) in [6, 6.07) is 0. The number of aromatic nitrogens is 2. The molecule has 4 heteroatoms. The minimum Gasteiger partial charge on any atom is -0.390 e. The lowest BCUT2D eigenvalue weighted by molar-refractivity contribution is 0.274. The van der Waals surface area contributed by atoms with Gasteiger partial charge in [0.1, 0.15) is 0 Å². The van der Waals surface area contributed by atoms with Crippen LogP contribution in [0.2, 0.25) is 0 Å². The van der Waals surface area contributed by atoms with Gasteiger partial charge in [0, 0.05) is 11.1 Å². The van der Waals surface area contributed by atoms with E-state index in [9.17, 15) is 5.11 Å². The topological polar surface area (TPSA) is 37.5 Å². The van der Waals surface area contributed by atoms with Crippen LogP contribution in [0.3, 0.4) is 0 Å². The van der Waals surface area contributed by atoms with Gasteiger partial charge in [-0.2, -0.15) is 0 Å². The summed E-state index contributed by atoms with van der Waals surface area (Å²) in [7, 11) is 0. The molecule has 2 aromatic rings. The van der Waals surface area contributed by atoms with Crippen LogP contribution in [-0.2, 0) is 13.0 Å². The van der Waals surface area contributed by atoms with Crippen molar-refractivity contribution in [2.45, 2.75) is 26.9 Å². The van der Waals surface area contributed by atoms with Crippen molar-refractivity contribution in [1.29, 1.82) is 0 Å². The molecule has 0 bridgehead atoms. The van der Waals surface area contributed by atoms with Crippen LogP contribution in [0.4, 0.5) is 0 Å². The van der Waals surface area contributed by atoms with Crippen molar-refractivity contribution in [3.8, 4) is 0 Å². The van der Waals surface area contributed by atoms with E-state index in [4.69, 9.17) is 0 Å². The van der Waals surface area contributed by atoms with E-state index in [2.05, 4.69) is 21.7 Å². The monoisotopic (exact) mass is 196 g/mol. The third-order valence-corrected chi connectivity index (χ3v) is 3.12. The minimum absolute atomic E-state index is 0.0662. The molecule has 0 saturated heterocycles. The summed E-state index contributed by atoms with van der Waals surface area (Å²) >= 11 is 1.63. The molecule has 0 saturated carbocycles. The fourth-order valence-corrected chi connectivity index (χ4v) is 2.55. The Kier molecular flexibility index (Phi) is 2.09. The third-order valence-electron chi connectivity index (χ3n) is 2.24. The predicted octanol–water partition coefficient (Wildman–Crippen LogP) is 1.76. The summed E-state index contributed by atoms with van der Waals surface area (Å²) in [4.78, 5) is 5.36. The van der Waals surface area contributed by atoms with Gasteiger partial charge in [0.15, 0.2) is 4.96 Å². The number of thiazole rings is 1. The fraction of sp³-hybridized carbons (Fsp3) is 0.444. The number of fused-ring (bicyclic) bond motifs is 1. The van der Waals surface area contributed by atoms with Crippen LogP contribution in [-0.4, -0.2) is 14.5 Å². The molecule has 2 rings (SSSR count). The number of hydrogen-bond acceptors (Lipinski definition) is 3. The van der Waals surface area contributed by atoms with Gasteiger partial charge in [-0.1, -0.05) is 6.92 Å². The second-order valence-electron chi connectivity index (χ2n) is 3.00. The highest BCUT2D eigenvalue weighted by atomic mass is 32.1. The maximum absolute atomic E-state index is 9.19. The molecule has 3 nitrogen and oxygen atoms in total. The second kappa shape index (κ2) is 3.12. The summed E-state index contributed by atoms with van der Waals surface area (Å²) < 4.78 is 2.06. The van der Waals surface area contributed by atoms with E-state index >= 15 is 0 Å². The van der Waals surface area contributed by atoms with E-state index in [0.29, 0.717) is 0 Å². The van der Waals surface area contributed by atoms with Crippen LogP contribution in [0.5, 0.6) is 0 Å². The Balaban J connectivity index is 2.76. The quantitative estimate of drug-likeness (QED) is 0.794. The molecule has 0 aliphatic heterocycles. The normalized spacial score (nSPS) is 11.3. The first kappa shape index (κ1) is 8.72. The molecule has 13 heavy (non-hydrogen) atoms. The molecule has 0 amide bonds. The maximum Gasteiger partial charge on any atom is 0.194 e. The van der Waals surface area contributed by atoms with Crippen LogP contribution in [0.1, 0.15) is 24.0 Å². The summed E-state index contributed by atoms with van der Waals surface area (Å²) in [5.74, 6) is 0. The molecule has 2 aromatic heterocycles. The van der Waals surface area contributed by atoms with Crippen molar-refractivity contribution in [2.24, 2.45) is 0 Å². The van der Waals surface area contributed by atoms with E-state index in [1.807, 2.05) is 6.92 Å². The first-order valence-corrected chi connectivity index (χ1v) is 5.21. The third kappa shape index (κ3) is 1.17. The number of rotatable bonds is 2. The summed E-state index contributed by atoms with van der Waals surface area (Å²) in [6.07, 6.45) is 0.975. The summed E-state index contributed by atoms with van der Waals surface area (Å²) in [5.41, 5.74) is 3.09. The number of imidazole rings is 1. The molecule has 0 spiro atoms. The number of hydrogen-bond donors (Lipinski definition) is 1. The largest absolute Gasteiger partial charge is 0.390 e. The van der Waals surface area contributed by atoms with Crippen molar-refractivity contribution in [3.05, 3.63) is 22.5 Å². The molecular formula is C9H12N2OS. The van der Waals surface area contributed by atoms with Gasteiger partial charge >= 0.3 is 0 Å². The Hall–Kier alpha value is -0.870. The van der Waals surface area contributed by atoms with Crippen molar-refractivity contribution in [1.82, 2.24) is 9.38 Å². The Labute approximate surface area is 80.7 Å². The zero-order valence-corrected chi connectivity index (χ0v) is 8.56. The van der Waals surface area contributed by atoms with Crippen LogP contribution < -0.4 is 0 Å². The smallest absolute Gasteiger partial charge is 0.194 e. The first-order chi connectivity index (χ1) is 6.27. The van der Waals surface area contributed by atoms with E-state index in [1.54, 1.807) is 11.3 Å². The number of aliphatic hydroxyl groups excluding tert-OH is 1. The van der Waals surface area contributed by atoms with Gasteiger partial charge in [-0.3, -0.25) is 4.40 Å². The number of aliphatic hydroxyl groups is 1. The van der Waals surface area contributed by atoms with E-state index in [0.717, 1.165) is 22.8 Å². The minimum atomic E-state index is 0.0662. The molecule has 1 N–H and O–H groups in total. The van der Waals surface area contributed by atoms with Gasteiger partial charge in [-0.25, -0.2) is 4.98 Å².